The first kappa shape index (κ1) is 16.1. The smallest absolute Gasteiger partial charge is 0.0445 e. The second kappa shape index (κ2) is 6.77. The Morgan fingerprint density at radius 3 is 2.65 bits per heavy atom. The van der Waals surface area contributed by atoms with Gasteiger partial charge in [0.25, 0.3) is 0 Å². The molecule has 0 amide bonds. The molecular formula is C19H27N3O. The molecule has 3 rings (SSSR count). The van der Waals surface area contributed by atoms with E-state index in [1.165, 1.54) is 5.56 Å². The number of nitrogens with two attached hydrogens (primary N) is 2. The zero-order chi connectivity index (χ0) is 16.3. The molecule has 0 bridgehead atoms. The zero-order valence-electron chi connectivity index (χ0n) is 13.5. The summed E-state index contributed by atoms with van der Waals surface area (Å²) in [4.78, 5) is 0. The first-order valence-electron chi connectivity index (χ1n) is 8.49. The zero-order valence-corrected chi connectivity index (χ0v) is 13.5. The van der Waals surface area contributed by atoms with Crippen LogP contribution in [0.4, 0.5) is 5.69 Å². The minimum atomic E-state index is -0.0215. The Labute approximate surface area is 138 Å². The van der Waals surface area contributed by atoms with Gasteiger partial charge in [-0.25, -0.2) is 0 Å². The van der Waals surface area contributed by atoms with Crippen LogP contribution in [0.1, 0.15) is 31.2 Å². The van der Waals surface area contributed by atoms with Crippen molar-refractivity contribution in [3.05, 3.63) is 53.8 Å². The number of benzene rings is 1. The fraction of sp³-hybridized carbons (Fsp3) is 0.474. The Morgan fingerprint density at radius 2 is 2.00 bits per heavy atom. The number of nitrogens with one attached hydrogen (secondary N) is 1. The van der Waals surface area contributed by atoms with Gasteiger partial charge >= 0.3 is 0 Å². The highest BCUT2D eigenvalue weighted by molar-refractivity contribution is 5.45. The number of rotatable bonds is 4. The number of allylic oxidation sites excluding steroid dienone is 3. The maximum atomic E-state index is 9.27. The summed E-state index contributed by atoms with van der Waals surface area (Å²) in [5, 5.41) is 12.8. The van der Waals surface area contributed by atoms with Crippen molar-refractivity contribution in [2.45, 2.75) is 37.1 Å². The molecule has 1 aromatic carbocycles. The molecule has 0 radical (unpaired) electrons. The number of hydrogen-bond donors (Lipinski definition) is 4. The molecule has 3 atom stereocenters. The largest absolute Gasteiger partial charge is 0.399 e. The van der Waals surface area contributed by atoms with E-state index in [9.17, 15) is 5.11 Å². The van der Waals surface area contributed by atoms with Crippen LogP contribution in [-0.2, 0) is 5.41 Å². The van der Waals surface area contributed by atoms with Crippen LogP contribution in [0.15, 0.2) is 48.2 Å². The molecule has 0 spiro atoms. The van der Waals surface area contributed by atoms with Crippen molar-refractivity contribution in [3.63, 3.8) is 0 Å². The topological polar surface area (TPSA) is 84.3 Å². The van der Waals surface area contributed by atoms with Gasteiger partial charge in [0, 0.05) is 29.4 Å². The number of anilines is 1. The molecule has 2 aliphatic rings. The van der Waals surface area contributed by atoms with E-state index >= 15 is 0 Å². The molecule has 0 aromatic heterocycles. The van der Waals surface area contributed by atoms with Crippen molar-refractivity contribution in [2.75, 3.05) is 18.9 Å². The van der Waals surface area contributed by atoms with Crippen LogP contribution in [0, 0.1) is 5.92 Å². The highest BCUT2D eigenvalue weighted by Gasteiger charge is 2.40. The third-order valence-corrected chi connectivity index (χ3v) is 5.40. The molecule has 1 fully saturated rings. The van der Waals surface area contributed by atoms with Crippen LogP contribution < -0.4 is 16.8 Å². The fourth-order valence-electron chi connectivity index (χ4n) is 4.06. The molecule has 1 heterocycles. The normalized spacial score (nSPS) is 30.9. The van der Waals surface area contributed by atoms with Crippen LogP contribution >= 0.6 is 0 Å². The predicted molar refractivity (Wildman–Crippen MR) is 94.8 cm³/mol. The summed E-state index contributed by atoms with van der Waals surface area (Å²) < 4.78 is 0. The van der Waals surface area contributed by atoms with Gasteiger partial charge in [0.1, 0.15) is 0 Å². The second-order valence-electron chi connectivity index (χ2n) is 6.79. The fourth-order valence-corrected chi connectivity index (χ4v) is 4.06. The number of aliphatic hydroxyl groups excluding tert-OH is 1. The van der Waals surface area contributed by atoms with Crippen molar-refractivity contribution in [1.82, 2.24) is 5.32 Å². The van der Waals surface area contributed by atoms with E-state index in [0.29, 0.717) is 12.0 Å². The van der Waals surface area contributed by atoms with E-state index in [-0.39, 0.29) is 12.0 Å². The van der Waals surface area contributed by atoms with E-state index in [0.717, 1.165) is 43.6 Å². The van der Waals surface area contributed by atoms with Crippen molar-refractivity contribution in [2.24, 2.45) is 11.7 Å². The van der Waals surface area contributed by atoms with Gasteiger partial charge in [-0.15, -0.1) is 0 Å². The third kappa shape index (κ3) is 3.28. The monoisotopic (exact) mass is 313 g/mol. The van der Waals surface area contributed by atoms with Crippen LogP contribution in [0.3, 0.4) is 0 Å². The van der Waals surface area contributed by atoms with E-state index in [4.69, 9.17) is 11.5 Å². The van der Waals surface area contributed by atoms with E-state index in [1.807, 2.05) is 18.2 Å². The van der Waals surface area contributed by atoms with Crippen LogP contribution in [0.2, 0.25) is 0 Å². The average molecular weight is 313 g/mol. The van der Waals surface area contributed by atoms with Crippen molar-refractivity contribution < 1.29 is 5.11 Å². The lowest BCUT2D eigenvalue weighted by Crippen LogP contribution is -2.46. The van der Waals surface area contributed by atoms with Gasteiger partial charge in [-0.05, 0) is 61.9 Å². The quantitative estimate of drug-likeness (QED) is 0.641. The molecule has 23 heavy (non-hydrogen) atoms. The molecule has 1 saturated heterocycles. The summed E-state index contributed by atoms with van der Waals surface area (Å²) in [5.41, 5.74) is 14.8. The summed E-state index contributed by atoms with van der Waals surface area (Å²) >= 11 is 0. The number of piperidine rings is 1. The summed E-state index contributed by atoms with van der Waals surface area (Å²) in [6, 6.07) is 8.66. The standard InChI is InChI=1S/C19H27N3O/c20-16-3-1-14(2-4-16)19(9-5-17(21)6-10-19)15-7-11-22-18(13-15)8-12-23/h1-6,9,15,18,22-23H,7-8,10-13,20-21H2. The summed E-state index contributed by atoms with van der Waals surface area (Å²) in [5.74, 6) is 0.532. The number of aliphatic hydroxyl groups is 1. The molecule has 3 unspecified atom stereocenters. The highest BCUT2D eigenvalue weighted by Crippen LogP contribution is 2.45. The lowest BCUT2D eigenvalue weighted by Gasteiger charge is -2.44. The van der Waals surface area contributed by atoms with Gasteiger partial charge < -0.3 is 21.9 Å². The minimum Gasteiger partial charge on any atom is -0.399 e. The Balaban J connectivity index is 1.93. The number of nitrogen functional groups attached to an aromatic ring is 1. The molecule has 4 heteroatoms. The first-order chi connectivity index (χ1) is 11.1. The number of hydrogen-bond acceptors (Lipinski definition) is 4. The lowest BCUT2D eigenvalue weighted by molar-refractivity contribution is 0.186. The SMILES string of the molecule is NC1=CCC(c2ccc(N)cc2)(C2CCNC(CCO)C2)C=C1. The Bertz CT molecular complexity index is 591. The van der Waals surface area contributed by atoms with Gasteiger partial charge in [0.2, 0.25) is 0 Å². The third-order valence-electron chi connectivity index (χ3n) is 5.40. The molecular weight excluding hydrogens is 286 g/mol. The van der Waals surface area contributed by atoms with Gasteiger partial charge in [-0.2, -0.15) is 0 Å². The van der Waals surface area contributed by atoms with Gasteiger partial charge in [-0.3, -0.25) is 0 Å². The van der Waals surface area contributed by atoms with Gasteiger partial charge in [0.15, 0.2) is 0 Å². The van der Waals surface area contributed by atoms with E-state index in [1.54, 1.807) is 0 Å². The maximum Gasteiger partial charge on any atom is 0.0445 e. The maximum absolute atomic E-state index is 9.27. The van der Waals surface area contributed by atoms with E-state index in [2.05, 4.69) is 29.6 Å². The summed E-state index contributed by atoms with van der Waals surface area (Å²) in [6.45, 7) is 1.24. The van der Waals surface area contributed by atoms with Crippen molar-refractivity contribution >= 4 is 5.69 Å². The molecule has 4 nitrogen and oxygen atoms in total. The van der Waals surface area contributed by atoms with E-state index < -0.39 is 0 Å². The summed E-state index contributed by atoms with van der Waals surface area (Å²) in [6.07, 6.45) is 10.4. The van der Waals surface area contributed by atoms with Gasteiger partial charge in [-0.1, -0.05) is 24.3 Å². The Morgan fingerprint density at radius 1 is 1.22 bits per heavy atom. The lowest BCUT2D eigenvalue weighted by atomic mass is 9.62. The minimum absolute atomic E-state index is 0.0215. The van der Waals surface area contributed by atoms with Crippen molar-refractivity contribution in [3.8, 4) is 0 Å². The van der Waals surface area contributed by atoms with Crippen LogP contribution in [0.5, 0.6) is 0 Å². The molecule has 1 aromatic rings. The molecule has 6 N–H and O–H groups in total. The Kier molecular flexibility index (Phi) is 4.74. The Hall–Kier alpha value is -1.78. The second-order valence-corrected chi connectivity index (χ2v) is 6.79. The van der Waals surface area contributed by atoms with Crippen molar-refractivity contribution in [1.29, 1.82) is 0 Å². The highest BCUT2D eigenvalue weighted by atomic mass is 16.3. The van der Waals surface area contributed by atoms with Crippen LogP contribution in [0.25, 0.3) is 0 Å². The molecule has 1 aliphatic carbocycles. The predicted octanol–water partition coefficient (Wildman–Crippen LogP) is 2.06. The average Bonchev–Trinajstić information content (AvgIpc) is 2.57. The van der Waals surface area contributed by atoms with Crippen LogP contribution in [-0.4, -0.2) is 24.3 Å². The van der Waals surface area contributed by atoms with Gasteiger partial charge in [0.05, 0.1) is 0 Å². The molecule has 1 aliphatic heterocycles. The molecule has 0 saturated carbocycles. The first-order valence-corrected chi connectivity index (χ1v) is 8.49. The summed E-state index contributed by atoms with van der Waals surface area (Å²) in [7, 11) is 0. The molecule has 124 valence electrons.